The predicted molar refractivity (Wildman–Crippen MR) is 184 cm³/mol. The SMILES string of the molecule is CC(C)(C)c1cc2c3c(c1)C1(c4ccccc4-c4ccccc41)c1cccc4c1C3([n+]1ccccc1-2)[n+]1ccc(C(C)(C)C)cc1-4. The molecule has 2 aliphatic heterocycles. The van der Waals surface area contributed by atoms with Gasteiger partial charge in [-0.25, -0.2) is 0 Å². The zero-order valence-corrected chi connectivity index (χ0v) is 27.4. The second-order valence-corrected chi connectivity index (χ2v) is 15.8. The summed E-state index contributed by atoms with van der Waals surface area (Å²) in [6, 6.07) is 42.2. The van der Waals surface area contributed by atoms with Gasteiger partial charge in [0.25, 0.3) is 0 Å². The van der Waals surface area contributed by atoms with Crippen molar-refractivity contribution in [3.8, 4) is 33.6 Å². The van der Waals surface area contributed by atoms with E-state index in [9.17, 15) is 0 Å². The van der Waals surface area contributed by atoms with E-state index in [4.69, 9.17) is 0 Å². The van der Waals surface area contributed by atoms with E-state index in [0.717, 1.165) is 0 Å². The molecule has 2 aromatic heterocycles. The average molecular weight is 595 g/mol. The van der Waals surface area contributed by atoms with Gasteiger partial charge in [-0.2, -0.15) is 0 Å². The molecule has 1 unspecified atom stereocenters. The fraction of sp³-hybridized carbons (Fsp3) is 0.227. The first-order chi connectivity index (χ1) is 22.1. The molecular weight excluding hydrogens is 556 g/mol. The highest BCUT2D eigenvalue weighted by Crippen LogP contribution is 2.65. The van der Waals surface area contributed by atoms with E-state index in [1.165, 1.54) is 78.1 Å². The second-order valence-electron chi connectivity index (χ2n) is 15.8. The Labute approximate surface area is 271 Å². The van der Waals surface area contributed by atoms with Gasteiger partial charge >= 0.3 is 5.66 Å². The normalized spacial score (nSPS) is 18.5. The summed E-state index contributed by atoms with van der Waals surface area (Å²) in [6.07, 6.45) is 4.71. The fourth-order valence-electron chi connectivity index (χ4n) is 9.49. The standard InChI is InChI=1S/C44H38N2/c1-41(2,3)27-21-23-46-38(26-27)31-16-13-19-35-39(31)44(46)40-32(37-20-11-12-22-45(37)44)24-28(42(4,5)6)25-36(40)43(35)33-17-9-7-14-29(33)30-15-8-10-18-34(30)43/h7-26H,1-6H3/q+2. The number of benzene rings is 4. The Hall–Kier alpha value is -4.82. The van der Waals surface area contributed by atoms with Gasteiger partial charge < -0.3 is 0 Å². The van der Waals surface area contributed by atoms with Crippen LogP contribution in [0.3, 0.4) is 0 Å². The van der Waals surface area contributed by atoms with Crippen LogP contribution in [0.2, 0.25) is 0 Å². The van der Waals surface area contributed by atoms with Crippen LogP contribution in [0.25, 0.3) is 33.6 Å². The van der Waals surface area contributed by atoms with Crippen LogP contribution in [-0.2, 0) is 21.9 Å². The first-order valence-electron chi connectivity index (χ1n) is 16.7. The molecule has 4 aromatic carbocycles. The molecule has 1 atom stereocenters. The Balaban J connectivity index is 1.49. The van der Waals surface area contributed by atoms with Crippen LogP contribution < -0.4 is 9.13 Å². The highest BCUT2D eigenvalue weighted by Gasteiger charge is 2.73. The Bertz CT molecular complexity index is 2300. The first-order valence-corrected chi connectivity index (χ1v) is 16.7. The van der Waals surface area contributed by atoms with Gasteiger partial charge in [0.15, 0.2) is 12.4 Å². The molecule has 2 spiro atoms. The van der Waals surface area contributed by atoms with Crippen molar-refractivity contribution in [1.29, 1.82) is 0 Å². The molecule has 0 amide bonds. The number of hydrogen-bond donors (Lipinski definition) is 0. The summed E-state index contributed by atoms with van der Waals surface area (Å²) in [6.45, 7) is 14.0. The van der Waals surface area contributed by atoms with Gasteiger partial charge in [-0.15, -0.1) is 9.13 Å². The van der Waals surface area contributed by atoms with Crippen LogP contribution in [0.15, 0.2) is 122 Å². The van der Waals surface area contributed by atoms with E-state index in [0.29, 0.717) is 0 Å². The third-order valence-corrected chi connectivity index (χ3v) is 11.5. The Morgan fingerprint density at radius 2 is 1.02 bits per heavy atom. The zero-order chi connectivity index (χ0) is 31.4. The van der Waals surface area contributed by atoms with Crippen molar-refractivity contribution >= 4 is 0 Å². The van der Waals surface area contributed by atoms with E-state index < -0.39 is 11.1 Å². The molecule has 2 aliphatic carbocycles. The molecule has 222 valence electrons. The molecule has 2 heteroatoms. The third-order valence-electron chi connectivity index (χ3n) is 11.5. The second kappa shape index (κ2) is 8.12. The maximum atomic E-state index is 2.60. The molecule has 4 heterocycles. The quantitative estimate of drug-likeness (QED) is 0.155. The molecule has 10 rings (SSSR count). The maximum Gasteiger partial charge on any atom is 0.418 e. The van der Waals surface area contributed by atoms with Gasteiger partial charge in [0.2, 0.25) is 11.4 Å². The lowest BCUT2D eigenvalue weighted by atomic mass is 9.58. The fourth-order valence-corrected chi connectivity index (χ4v) is 9.49. The van der Waals surface area contributed by atoms with E-state index in [1.54, 1.807) is 0 Å². The molecule has 46 heavy (non-hydrogen) atoms. The number of nitrogens with zero attached hydrogens (tertiary/aromatic N) is 2. The van der Waals surface area contributed by atoms with Gasteiger partial charge in [-0.05, 0) is 73.5 Å². The molecule has 0 fully saturated rings. The Kier molecular flexibility index (Phi) is 4.66. The van der Waals surface area contributed by atoms with E-state index in [2.05, 4.69) is 172 Å². The van der Waals surface area contributed by atoms with Crippen LogP contribution in [0.4, 0.5) is 0 Å². The molecule has 0 radical (unpaired) electrons. The Morgan fingerprint density at radius 3 is 1.72 bits per heavy atom. The smallest absolute Gasteiger partial charge is 0.126 e. The molecule has 0 bridgehead atoms. The zero-order valence-electron chi connectivity index (χ0n) is 27.4. The van der Waals surface area contributed by atoms with Crippen LogP contribution in [0, 0.1) is 0 Å². The minimum Gasteiger partial charge on any atom is -0.126 e. The highest BCUT2D eigenvalue weighted by molar-refractivity contribution is 5.92. The van der Waals surface area contributed by atoms with Gasteiger partial charge in [-0.1, -0.05) is 108 Å². The molecule has 0 saturated heterocycles. The van der Waals surface area contributed by atoms with Crippen LogP contribution in [-0.4, -0.2) is 0 Å². The summed E-state index contributed by atoms with van der Waals surface area (Å²) in [5.74, 6) is 0. The van der Waals surface area contributed by atoms with Gasteiger partial charge in [0, 0.05) is 24.3 Å². The van der Waals surface area contributed by atoms with Gasteiger partial charge in [-0.3, -0.25) is 0 Å². The maximum absolute atomic E-state index is 2.60. The monoisotopic (exact) mass is 594 g/mol. The minimum atomic E-state index is -0.521. The number of aromatic nitrogens is 2. The summed E-state index contributed by atoms with van der Waals surface area (Å²) in [4.78, 5) is 0. The topological polar surface area (TPSA) is 7.76 Å². The lowest BCUT2D eigenvalue weighted by molar-refractivity contribution is -0.955. The molecule has 4 aliphatic rings. The van der Waals surface area contributed by atoms with Gasteiger partial charge in [0.05, 0.1) is 16.5 Å². The van der Waals surface area contributed by atoms with E-state index >= 15 is 0 Å². The number of hydrogen-bond acceptors (Lipinski definition) is 0. The van der Waals surface area contributed by atoms with Crippen molar-refractivity contribution in [1.82, 2.24) is 0 Å². The van der Waals surface area contributed by atoms with Crippen LogP contribution >= 0.6 is 0 Å². The summed E-state index contributed by atoms with van der Waals surface area (Å²) < 4.78 is 5.19. The lowest BCUT2D eigenvalue weighted by Crippen LogP contribution is -2.73. The predicted octanol–water partition coefficient (Wildman–Crippen LogP) is 8.79. The van der Waals surface area contributed by atoms with Crippen LogP contribution in [0.1, 0.15) is 86.1 Å². The number of fused-ring (bicyclic) bond motifs is 11. The van der Waals surface area contributed by atoms with Gasteiger partial charge in [0.1, 0.15) is 11.1 Å². The minimum absolute atomic E-state index is 0.0236. The number of rotatable bonds is 0. The molecule has 0 saturated carbocycles. The van der Waals surface area contributed by atoms with Crippen molar-refractivity contribution in [3.63, 3.8) is 0 Å². The highest BCUT2D eigenvalue weighted by atomic mass is 15.3. The van der Waals surface area contributed by atoms with Crippen molar-refractivity contribution in [3.05, 3.63) is 166 Å². The van der Waals surface area contributed by atoms with Crippen molar-refractivity contribution < 1.29 is 9.13 Å². The summed E-state index contributed by atoms with van der Waals surface area (Å²) >= 11 is 0. The first kappa shape index (κ1) is 26.4. The third kappa shape index (κ3) is 2.79. The largest absolute Gasteiger partial charge is 0.418 e. The lowest BCUT2D eigenvalue weighted by Gasteiger charge is -2.41. The van der Waals surface area contributed by atoms with E-state index in [1.807, 2.05) is 0 Å². The summed E-state index contributed by atoms with van der Waals surface area (Å²) in [5, 5.41) is 0. The molecule has 0 N–H and O–H groups in total. The summed E-state index contributed by atoms with van der Waals surface area (Å²) in [7, 11) is 0. The molecule has 6 aromatic rings. The summed E-state index contributed by atoms with van der Waals surface area (Å²) in [5.41, 5.74) is 18.2. The number of pyridine rings is 2. The van der Waals surface area contributed by atoms with E-state index in [-0.39, 0.29) is 10.8 Å². The molecular formula is C44H38N2+2. The van der Waals surface area contributed by atoms with Crippen LogP contribution in [0.5, 0.6) is 0 Å². The van der Waals surface area contributed by atoms with Crippen molar-refractivity contribution in [2.45, 2.75) is 63.5 Å². The Morgan fingerprint density at radius 1 is 0.435 bits per heavy atom. The molecule has 2 nitrogen and oxygen atoms in total. The van der Waals surface area contributed by atoms with Crippen molar-refractivity contribution in [2.75, 3.05) is 0 Å². The average Bonchev–Trinajstić information content (AvgIpc) is 3.63. The van der Waals surface area contributed by atoms with Crippen molar-refractivity contribution in [2.24, 2.45) is 0 Å².